The van der Waals surface area contributed by atoms with Crippen LogP contribution in [0.2, 0.25) is 10.0 Å². The van der Waals surface area contributed by atoms with Crippen LogP contribution in [0.3, 0.4) is 0 Å². The van der Waals surface area contributed by atoms with E-state index in [4.69, 9.17) is 28.9 Å². The fourth-order valence-electron chi connectivity index (χ4n) is 4.10. The van der Waals surface area contributed by atoms with Gasteiger partial charge in [0.2, 0.25) is 5.91 Å². The molecule has 3 amide bonds. The van der Waals surface area contributed by atoms with Gasteiger partial charge in [-0.3, -0.25) is 14.4 Å². The number of aromatic carboxylic acids is 1. The van der Waals surface area contributed by atoms with Gasteiger partial charge in [0.15, 0.2) is 5.82 Å². The van der Waals surface area contributed by atoms with Gasteiger partial charge in [-0.2, -0.15) is 5.10 Å². The van der Waals surface area contributed by atoms with E-state index in [0.717, 1.165) is 23.5 Å². The van der Waals surface area contributed by atoms with Crippen LogP contribution >= 0.6 is 55.1 Å². The molecule has 2 aromatic carbocycles. The highest BCUT2D eigenvalue weighted by Gasteiger charge is 2.30. The van der Waals surface area contributed by atoms with Gasteiger partial charge in [-0.1, -0.05) is 23.2 Å². The third kappa shape index (κ3) is 8.23. The zero-order valence-corrected chi connectivity index (χ0v) is 27.5. The molecule has 44 heavy (non-hydrogen) atoms. The third-order valence-corrected chi connectivity index (χ3v) is 8.08. The standard InChI is InChI=1S/C21H19BrClN3O5.C8H5BrClN3/c1-9(10-2-3-10)25-20(29)15-7-12(23)8-16(22)17(15)26-19(28)14-6-11(21(30)31)4-5-13(14)18(24)27;9-7-3-5-13(12-7)8-6(10)2-1-4-11-8/h4-10H,2-3H2,1H3,(H2,24,27)(H,25,29)(H,26,28)(H,30,31);1-5H. The summed E-state index contributed by atoms with van der Waals surface area (Å²) < 4.78 is 2.72. The highest BCUT2D eigenvalue weighted by Crippen LogP contribution is 2.34. The van der Waals surface area contributed by atoms with Gasteiger partial charge < -0.3 is 21.5 Å². The van der Waals surface area contributed by atoms with Gasteiger partial charge in [-0.25, -0.2) is 14.5 Å². The van der Waals surface area contributed by atoms with E-state index in [2.05, 4.69) is 52.6 Å². The molecule has 5 N–H and O–H groups in total. The van der Waals surface area contributed by atoms with Crippen LogP contribution in [0.25, 0.3) is 5.82 Å². The van der Waals surface area contributed by atoms with Crippen LogP contribution in [0.5, 0.6) is 0 Å². The first kappa shape index (κ1) is 33.1. The SMILES string of the molecule is CC(NC(=O)c1cc(Cl)cc(Br)c1NC(=O)c1cc(C(=O)O)ccc1C(N)=O)C1CC1.Clc1cccnc1-n1ccc(Br)n1. The number of nitrogens with zero attached hydrogens (tertiary/aromatic N) is 3. The number of carbonyl (C=O) groups is 4. The number of carboxylic acid groups (broad SMARTS) is 1. The number of pyridine rings is 1. The number of nitrogens with two attached hydrogens (primary N) is 1. The Morgan fingerprint density at radius 3 is 2.34 bits per heavy atom. The minimum atomic E-state index is -1.27. The van der Waals surface area contributed by atoms with Crippen molar-refractivity contribution < 1.29 is 24.3 Å². The quantitative estimate of drug-likeness (QED) is 0.162. The van der Waals surface area contributed by atoms with E-state index in [1.807, 2.05) is 13.0 Å². The lowest BCUT2D eigenvalue weighted by Gasteiger charge is -2.17. The van der Waals surface area contributed by atoms with Crippen LogP contribution in [-0.2, 0) is 0 Å². The maximum atomic E-state index is 13.0. The Morgan fingerprint density at radius 1 is 1.02 bits per heavy atom. The Hall–Kier alpha value is -3.78. The molecule has 0 saturated heterocycles. The van der Waals surface area contributed by atoms with E-state index in [-0.39, 0.29) is 39.0 Å². The van der Waals surface area contributed by atoms with Crippen molar-refractivity contribution in [2.75, 3.05) is 5.32 Å². The summed E-state index contributed by atoms with van der Waals surface area (Å²) in [4.78, 5) is 53.0. The van der Waals surface area contributed by atoms with E-state index >= 15 is 0 Å². The molecule has 1 fully saturated rings. The van der Waals surface area contributed by atoms with Gasteiger partial charge >= 0.3 is 5.97 Å². The predicted octanol–water partition coefficient (Wildman–Crippen LogP) is 6.36. The molecule has 0 aliphatic heterocycles. The number of carbonyl (C=O) groups excluding carboxylic acids is 3. The average molecular weight is 767 g/mol. The van der Waals surface area contributed by atoms with Gasteiger partial charge in [0.25, 0.3) is 11.8 Å². The number of nitrogens with one attached hydrogen (secondary N) is 2. The molecule has 0 spiro atoms. The second kappa shape index (κ2) is 14.3. The third-order valence-electron chi connectivity index (χ3n) is 6.52. The van der Waals surface area contributed by atoms with Crippen LogP contribution in [0, 0.1) is 5.92 Å². The van der Waals surface area contributed by atoms with Crippen molar-refractivity contribution in [2.45, 2.75) is 25.8 Å². The molecular formula is C29H24Br2Cl2N6O5. The molecule has 5 rings (SSSR count). The summed E-state index contributed by atoms with van der Waals surface area (Å²) in [6.45, 7) is 1.91. The summed E-state index contributed by atoms with van der Waals surface area (Å²) in [7, 11) is 0. The first-order valence-electron chi connectivity index (χ1n) is 13.0. The van der Waals surface area contributed by atoms with Gasteiger partial charge in [-0.05, 0) is 106 Å². The molecule has 1 saturated carbocycles. The summed E-state index contributed by atoms with van der Waals surface area (Å²) in [6, 6.07) is 11.7. The highest BCUT2D eigenvalue weighted by atomic mass is 79.9. The molecule has 2 aromatic heterocycles. The number of halogens is 4. The van der Waals surface area contributed by atoms with Gasteiger partial charge in [0.1, 0.15) is 4.60 Å². The van der Waals surface area contributed by atoms with Gasteiger partial charge in [0, 0.05) is 27.9 Å². The largest absolute Gasteiger partial charge is 0.478 e. The lowest BCUT2D eigenvalue weighted by molar-refractivity contribution is 0.0696. The van der Waals surface area contributed by atoms with Gasteiger partial charge in [0.05, 0.1) is 33.0 Å². The van der Waals surface area contributed by atoms with E-state index < -0.39 is 23.7 Å². The smallest absolute Gasteiger partial charge is 0.335 e. The zero-order chi connectivity index (χ0) is 32.1. The van der Waals surface area contributed by atoms with E-state index in [1.165, 1.54) is 24.3 Å². The maximum absolute atomic E-state index is 13.0. The van der Waals surface area contributed by atoms with Crippen molar-refractivity contribution in [3.63, 3.8) is 0 Å². The number of anilines is 1. The maximum Gasteiger partial charge on any atom is 0.335 e. The Balaban J connectivity index is 0.000000281. The second-order valence-electron chi connectivity index (χ2n) is 9.69. The minimum Gasteiger partial charge on any atom is -0.478 e. The Bertz CT molecular complexity index is 1760. The molecule has 1 aliphatic rings. The average Bonchev–Trinajstić information content (AvgIpc) is 3.75. The minimum absolute atomic E-state index is 0.0393. The number of carboxylic acids is 1. The molecule has 4 aromatic rings. The van der Waals surface area contributed by atoms with E-state index in [0.29, 0.717) is 21.2 Å². The van der Waals surface area contributed by atoms with Crippen molar-refractivity contribution in [3.8, 4) is 5.82 Å². The van der Waals surface area contributed by atoms with Crippen LogP contribution < -0.4 is 16.4 Å². The molecular weight excluding hydrogens is 743 g/mol. The fraction of sp³-hybridized carbons (Fsp3) is 0.172. The van der Waals surface area contributed by atoms with E-state index in [9.17, 15) is 24.3 Å². The van der Waals surface area contributed by atoms with Gasteiger partial charge in [-0.15, -0.1) is 0 Å². The monoisotopic (exact) mass is 764 g/mol. The van der Waals surface area contributed by atoms with Crippen LogP contribution in [0.15, 0.2) is 70.0 Å². The number of benzene rings is 2. The van der Waals surface area contributed by atoms with Crippen LogP contribution in [0.1, 0.15) is 61.2 Å². The Kier molecular flexibility index (Phi) is 10.8. The molecule has 0 bridgehead atoms. The summed E-state index contributed by atoms with van der Waals surface area (Å²) in [5.41, 5.74) is 5.01. The van der Waals surface area contributed by atoms with Crippen LogP contribution in [0.4, 0.5) is 5.69 Å². The lowest BCUT2D eigenvalue weighted by atomic mass is 10.0. The highest BCUT2D eigenvalue weighted by molar-refractivity contribution is 9.10. The predicted molar refractivity (Wildman–Crippen MR) is 173 cm³/mol. The van der Waals surface area contributed by atoms with Crippen molar-refractivity contribution in [1.29, 1.82) is 0 Å². The molecule has 1 unspecified atom stereocenters. The molecule has 228 valence electrons. The second-order valence-corrected chi connectivity index (χ2v) is 12.2. The molecule has 1 aliphatic carbocycles. The topological polar surface area (TPSA) is 169 Å². The number of hydrogen-bond donors (Lipinski definition) is 4. The Labute approximate surface area is 278 Å². The normalized spacial score (nSPS) is 12.8. The first-order valence-corrected chi connectivity index (χ1v) is 15.3. The number of amides is 3. The summed E-state index contributed by atoms with van der Waals surface area (Å²) in [5.74, 6) is -2.34. The molecule has 2 heterocycles. The molecule has 11 nitrogen and oxygen atoms in total. The van der Waals surface area contributed by atoms with Crippen molar-refractivity contribution in [1.82, 2.24) is 20.1 Å². The Morgan fingerprint density at radius 2 is 1.75 bits per heavy atom. The zero-order valence-electron chi connectivity index (χ0n) is 22.9. The first-order chi connectivity index (χ1) is 20.8. The molecule has 0 radical (unpaired) electrons. The lowest BCUT2D eigenvalue weighted by Crippen LogP contribution is -2.34. The summed E-state index contributed by atoms with van der Waals surface area (Å²) in [6.07, 6.45) is 5.55. The summed E-state index contributed by atoms with van der Waals surface area (Å²) >= 11 is 18.6. The van der Waals surface area contributed by atoms with Crippen molar-refractivity contribution in [2.24, 2.45) is 11.7 Å². The molecule has 15 heteroatoms. The summed E-state index contributed by atoms with van der Waals surface area (Å²) in [5, 5.41) is 19.7. The van der Waals surface area contributed by atoms with Crippen molar-refractivity contribution >= 4 is 84.4 Å². The molecule has 1 atom stereocenters. The number of rotatable bonds is 8. The van der Waals surface area contributed by atoms with Crippen LogP contribution in [-0.4, -0.2) is 49.6 Å². The number of hydrogen-bond acceptors (Lipinski definition) is 6. The van der Waals surface area contributed by atoms with Crippen molar-refractivity contribution in [3.05, 3.63) is 102 Å². The fourth-order valence-corrected chi connectivity index (χ4v) is 5.51. The van der Waals surface area contributed by atoms with E-state index in [1.54, 1.807) is 29.2 Å². The number of aromatic nitrogens is 3. The number of primary amides is 1.